The number of hydrogen-bond donors (Lipinski definition) is 1. The van der Waals surface area contributed by atoms with Crippen LogP contribution in [0.25, 0.3) is 0 Å². The van der Waals surface area contributed by atoms with E-state index >= 15 is 0 Å². The van der Waals surface area contributed by atoms with Crippen LogP contribution in [0.2, 0.25) is 0 Å². The quantitative estimate of drug-likeness (QED) is 0.857. The molecule has 3 heteroatoms. The molecule has 2 aliphatic rings. The highest BCUT2D eigenvalue weighted by molar-refractivity contribution is 5.83. The summed E-state index contributed by atoms with van der Waals surface area (Å²) >= 11 is 0. The predicted molar refractivity (Wildman–Crippen MR) is 83.7 cm³/mol. The predicted octanol–water partition coefficient (Wildman–Crippen LogP) is 3.20. The van der Waals surface area contributed by atoms with Gasteiger partial charge in [0.2, 0.25) is 5.91 Å². The lowest BCUT2D eigenvalue weighted by Gasteiger charge is -2.45. The van der Waals surface area contributed by atoms with Crippen molar-refractivity contribution in [2.45, 2.75) is 65.7 Å². The Morgan fingerprint density at radius 1 is 1.05 bits per heavy atom. The highest BCUT2D eigenvalue weighted by atomic mass is 16.2. The Morgan fingerprint density at radius 2 is 1.70 bits per heavy atom. The molecule has 0 radical (unpaired) electrons. The minimum Gasteiger partial charge on any atom is -0.342 e. The van der Waals surface area contributed by atoms with Crippen LogP contribution in [0.15, 0.2) is 0 Å². The lowest BCUT2D eigenvalue weighted by atomic mass is 9.72. The van der Waals surface area contributed by atoms with Gasteiger partial charge in [-0.1, -0.05) is 33.6 Å². The molecule has 116 valence electrons. The van der Waals surface area contributed by atoms with Crippen molar-refractivity contribution in [2.24, 2.45) is 10.8 Å². The smallest absolute Gasteiger partial charge is 0.230 e. The first-order valence-electron chi connectivity index (χ1n) is 8.61. The molecule has 0 aliphatic carbocycles. The third-order valence-electron chi connectivity index (χ3n) is 6.21. The molecule has 1 amide bonds. The van der Waals surface area contributed by atoms with E-state index < -0.39 is 0 Å². The van der Waals surface area contributed by atoms with Crippen LogP contribution >= 0.6 is 0 Å². The Labute approximate surface area is 124 Å². The molecule has 3 nitrogen and oxygen atoms in total. The van der Waals surface area contributed by atoms with Crippen LogP contribution < -0.4 is 5.32 Å². The molecular weight excluding hydrogens is 248 g/mol. The Bertz CT molecular complexity index is 320. The Morgan fingerprint density at radius 3 is 2.15 bits per heavy atom. The summed E-state index contributed by atoms with van der Waals surface area (Å²) in [7, 11) is 0. The number of piperidine rings is 2. The number of carbonyl (C=O) groups is 1. The summed E-state index contributed by atoms with van der Waals surface area (Å²) in [6.07, 6.45) is 8.08. The van der Waals surface area contributed by atoms with Crippen molar-refractivity contribution in [2.75, 3.05) is 26.2 Å². The largest absolute Gasteiger partial charge is 0.342 e. The zero-order valence-corrected chi connectivity index (χ0v) is 13.6. The molecule has 20 heavy (non-hydrogen) atoms. The standard InChI is InChI=1S/C17H32N2O/c1-4-16(5-2)9-12-19(13-10-16)15(20)17(6-3)8-7-11-18-14-17/h18H,4-14H2,1-3H3. The van der Waals surface area contributed by atoms with Crippen LogP contribution in [-0.2, 0) is 4.79 Å². The topological polar surface area (TPSA) is 32.3 Å². The fraction of sp³-hybridized carbons (Fsp3) is 0.941. The molecule has 2 heterocycles. The number of carbonyl (C=O) groups excluding carboxylic acids is 1. The molecule has 0 aromatic rings. The Kier molecular flexibility index (Phi) is 5.11. The molecule has 0 saturated carbocycles. The normalized spacial score (nSPS) is 30.2. The lowest BCUT2D eigenvalue weighted by Crippen LogP contribution is -2.54. The zero-order valence-electron chi connectivity index (χ0n) is 13.6. The molecule has 2 fully saturated rings. The lowest BCUT2D eigenvalue weighted by molar-refractivity contribution is -0.146. The van der Waals surface area contributed by atoms with Gasteiger partial charge in [0.25, 0.3) is 0 Å². The Balaban J connectivity index is 2.00. The molecule has 1 atom stereocenters. The molecule has 0 bridgehead atoms. The van der Waals surface area contributed by atoms with Crippen LogP contribution in [0.5, 0.6) is 0 Å². The monoisotopic (exact) mass is 280 g/mol. The SMILES string of the molecule is CCC1(CC)CCN(C(=O)C2(CC)CCCNC2)CC1. The van der Waals surface area contributed by atoms with Gasteiger partial charge in [0.15, 0.2) is 0 Å². The first kappa shape index (κ1) is 15.8. The second-order valence-electron chi connectivity index (χ2n) is 6.91. The Hall–Kier alpha value is -0.570. The van der Waals surface area contributed by atoms with E-state index in [1.807, 2.05) is 0 Å². The first-order chi connectivity index (χ1) is 9.61. The van der Waals surface area contributed by atoms with Crippen molar-refractivity contribution in [3.63, 3.8) is 0 Å². The maximum absolute atomic E-state index is 13.0. The van der Waals surface area contributed by atoms with Crippen molar-refractivity contribution in [3.8, 4) is 0 Å². The third-order valence-corrected chi connectivity index (χ3v) is 6.21. The van der Waals surface area contributed by atoms with E-state index in [1.165, 1.54) is 25.7 Å². The van der Waals surface area contributed by atoms with Gasteiger partial charge >= 0.3 is 0 Å². The van der Waals surface area contributed by atoms with E-state index in [2.05, 4.69) is 31.0 Å². The molecule has 0 aromatic heterocycles. The van der Waals surface area contributed by atoms with Gasteiger partial charge in [-0.2, -0.15) is 0 Å². The van der Waals surface area contributed by atoms with Crippen molar-refractivity contribution >= 4 is 5.91 Å². The number of nitrogens with zero attached hydrogens (tertiary/aromatic N) is 1. The summed E-state index contributed by atoms with van der Waals surface area (Å²) < 4.78 is 0. The molecule has 2 rings (SSSR count). The van der Waals surface area contributed by atoms with Gasteiger partial charge in [0.05, 0.1) is 5.41 Å². The maximum Gasteiger partial charge on any atom is 0.230 e. The van der Waals surface area contributed by atoms with Crippen LogP contribution in [0, 0.1) is 10.8 Å². The fourth-order valence-corrected chi connectivity index (χ4v) is 4.08. The first-order valence-corrected chi connectivity index (χ1v) is 8.61. The second kappa shape index (κ2) is 6.46. The fourth-order valence-electron chi connectivity index (χ4n) is 4.08. The van der Waals surface area contributed by atoms with Gasteiger partial charge < -0.3 is 10.2 Å². The van der Waals surface area contributed by atoms with Crippen molar-refractivity contribution in [1.82, 2.24) is 10.2 Å². The number of nitrogens with one attached hydrogen (secondary N) is 1. The summed E-state index contributed by atoms with van der Waals surface area (Å²) in [5, 5.41) is 3.44. The maximum atomic E-state index is 13.0. The molecule has 0 aromatic carbocycles. The van der Waals surface area contributed by atoms with Gasteiger partial charge in [-0.15, -0.1) is 0 Å². The van der Waals surface area contributed by atoms with E-state index in [1.54, 1.807) is 0 Å². The van der Waals surface area contributed by atoms with Crippen LogP contribution in [0.3, 0.4) is 0 Å². The van der Waals surface area contributed by atoms with Crippen LogP contribution in [0.4, 0.5) is 0 Å². The highest BCUT2D eigenvalue weighted by Gasteiger charge is 2.42. The summed E-state index contributed by atoms with van der Waals surface area (Å²) in [4.78, 5) is 15.1. The molecule has 1 N–H and O–H groups in total. The van der Waals surface area contributed by atoms with Gasteiger partial charge in [0, 0.05) is 19.6 Å². The van der Waals surface area contributed by atoms with Crippen molar-refractivity contribution in [3.05, 3.63) is 0 Å². The number of likely N-dealkylation sites (tertiary alicyclic amines) is 1. The minimum absolute atomic E-state index is 0.114. The summed E-state index contributed by atoms with van der Waals surface area (Å²) in [5.74, 6) is 0.424. The van der Waals surface area contributed by atoms with Gasteiger partial charge in [-0.3, -0.25) is 4.79 Å². The molecule has 0 spiro atoms. The summed E-state index contributed by atoms with van der Waals surface area (Å²) in [6, 6.07) is 0. The molecule has 2 aliphatic heterocycles. The van der Waals surface area contributed by atoms with Crippen molar-refractivity contribution < 1.29 is 4.79 Å². The number of rotatable bonds is 4. The van der Waals surface area contributed by atoms with Gasteiger partial charge in [0.1, 0.15) is 0 Å². The molecular formula is C17H32N2O. The van der Waals surface area contributed by atoms with Crippen molar-refractivity contribution in [1.29, 1.82) is 0 Å². The van der Waals surface area contributed by atoms with E-state index in [-0.39, 0.29) is 5.41 Å². The summed E-state index contributed by atoms with van der Waals surface area (Å²) in [5.41, 5.74) is 0.387. The van der Waals surface area contributed by atoms with E-state index in [9.17, 15) is 4.79 Å². The zero-order chi connectivity index (χ0) is 14.6. The molecule has 2 saturated heterocycles. The minimum atomic E-state index is -0.114. The van der Waals surface area contributed by atoms with E-state index in [0.717, 1.165) is 45.4 Å². The molecule has 1 unspecified atom stereocenters. The van der Waals surface area contributed by atoms with Crippen LogP contribution in [0.1, 0.15) is 65.7 Å². The van der Waals surface area contributed by atoms with E-state index in [4.69, 9.17) is 0 Å². The number of amides is 1. The average molecular weight is 280 g/mol. The van der Waals surface area contributed by atoms with Gasteiger partial charge in [-0.25, -0.2) is 0 Å². The van der Waals surface area contributed by atoms with E-state index in [0.29, 0.717) is 11.3 Å². The van der Waals surface area contributed by atoms with Crippen LogP contribution in [-0.4, -0.2) is 37.0 Å². The highest BCUT2D eigenvalue weighted by Crippen LogP contribution is 2.40. The summed E-state index contributed by atoms with van der Waals surface area (Å²) in [6.45, 7) is 10.7. The third kappa shape index (κ3) is 2.88. The average Bonchev–Trinajstić information content (AvgIpc) is 2.55. The van der Waals surface area contributed by atoms with Gasteiger partial charge in [-0.05, 0) is 44.1 Å². The second-order valence-corrected chi connectivity index (χ2v) is 6.91. The number of hydrogen-bond acceptors (Lipinski definition) is 2.